The van der Waals surface area contributed by atoms with E-state index in [4.69, 9.17) is 4.52 Å². The first-order valence-electron chi connectivity index (χ1n) is 2.46. The van der Waals surface area contributed by atoms with Crippen molar-refractivity contribution in [2.45, 2.75) is 13.8 Å². The van der Waals surface area contributed by atoms with Crippen molar-refractivity contribution in [1.29, 1.82) is 0 Å². The molecule has 0 aliphatic carbocycles. The minimum Gasteiger partial charge on any atom is -0.331 e. The second-order valence-electron chi connectivity index (χ2n) is 1.16. The van der Waals surface area contributed by atoms with Gasteiger partial charge < -0.3 is 4.52 Å². The van der Waals surface area contributed by atoms with E-state index in [1.54, 1.807) is 0 Å². The molecule has 0 N–H and O–H groups in total. The van der Waals surface area contributed by atoms with Crippen molar-refractivity contribution < 1.29 is 9.09 Å². The standard InChI is InChI=1S/C4H11O2P.Al.2H/c1-3-6-7(5)4-2;;;/h7H,3-4H2,1-2H3;;;. The molecule has 0 rings (SSSR count). The van der Waals surface area contributed by atoms with Gasteiger partial charge in [-0.1, -0.05) is 6.92 Å². The lowest BCUT2D eigenvalue weighted by Crippen LogP contribution is -1.76. The van der Waals surface area contributed by atoms with Crippen molar-refractivity contribution in [2.24, 2.45) is 0 Å². The van der Waals surface area contributed by atoms with Crippen LogP contribution in [0.1, 0.15) is 13.8 Å². The van der Waals surface area contributed by atoms with Crippen LogP contribution >= 0.6 is 8.03 Å². The predicted octanol–water partition coefficient (Wildman–Crippen LogP) is 0.601. The summed E-state index contributed by atoms with van der Waals surface area (Å²) < 4.78 is 15.1. The summed E-state index contributed by atoms with van der Waals surface area (Å²) in [5, 5.41) is 0. The molecule has 49 valence electrons. The molecule has 1 radical (unpaired) electrons. The Kier molecular flexibility index (Phi) is 11.1. The third kappa shape index (κ3) is 6.72. The molecular formula is C4H13AlO2P. The van der Waals surface area contributed by atoms with E-state index < -0.39 is 8.03 Å². The second kappa shape index (κ2) is 7.72. The van der Waals surface area contributed by atoms with Crippen molar-refractivity contribution in [3.8, 4) is 0 Å². The Morgan fingerprint density at radius 1 is 1.50 bits per heavy atom. The van der Waals surface area contributed by atoms with Crippen molar-refractivity contribution in [1.82, 2.24) is 0 Å². The van der Waals surface area contributed by atoms with Crippen LogP contribution in [0.5, 0.6) is 0 Å². The predicted molar refractivity (Wildman–Crippen MR) is 39.7 cm³/mol. The Morgan fingerprint density at radius 2 is 2.00 bits per heavy atom. The molecule has 0 aliphatic rings. The summed E-state index contributed by atoms with van der Waals surface area (Å²) in [6.07, 6.45) is 0.665. The van der Waals surface area contributed by atoms with Crippen LogP contribution in [0.3, 0.4) is 0 Å². The van der Waals surface area contributed by atoms with Crippen LogP contribution in [0.25, 0.3) is 0 Å². The fourth-order valence-electron chi connectivity index (χ4n) is 0.263. The smallest absolute Gasteiger partial charge is 0.191 e. The lowest BCUT2D eigenvalue weighted by atomic mass is 10.9. The highest BCUT2D eigenvalue weighted by molar-refractivity contribution is 7.39. The largest absolute Gasteiger partial charge is 0.331 e. The molecule has 4 heteroatoms. The number of rotatable bonds is 3. The summed E-state index contributed by atoms with van der Waals surface area (Å²) in [5.41, 5.74) is 0. The molecule has 0 saturated carbocycles. The molecule has 2 nitrogen and oxygen atoms in total. The van der Waals surface area contributed by atoms with Crippen LogP contribution in [0.2, 0.25) is 0 Å². The van der Waals surface area contributed by atoms with Crippen molar-refractivity contribution >= 4 is 25.4 Å². The maximum absolute atomic E-state index is 10.4. The van der Waals surface area contributed by atoms with Gasteiger partial charge in [0.1, 0.15) is 17.4 Å². The first-order valence-corrected chi connectivity index (χ1v) is 3.99. The molecule has 1 atom stereocenters. The van der Waals surface area contributed by atoms with Gasteiger partial charge >= 0.3 is 0 Å². The highest BCUT2D eigenvalue weighted by atomic mass is 31.1. The summed E-state index contributed by atoms with van der Waals surface area (Å²) in [6.45, 7) is 4.28. The third-order valence-electron chi connectivity index (χ3n) is 0.594. The van der Waals surface area contributed by atoms with Gasteiger partial charge in [-0.2, -0.15) is 0 Å². The molecule has 0 aromatic carbocycles. The minimum atomic E-state index is -1.63. The van der Waals surface area contributed by atoms with Gasteiger partial charge in [0.2, 0.25) is 0 Å². The van der Waals surface area contributed by atoms with Crippen LogP contribution in [0.4, 0.5) is 0 Å². The summed E-state index contributed by atoms with van der Waals surface area (Å²) in [7, 11) is -1.63. The Balaban J connectivity index is 0. The van der Waals surface area contributed by atoms with E-state index in [9.17, 15) is 4.57 Å². The fourth-order valence-corrected chi connectivity index (χ4v) is 0.789. The first-order chi connectivity index (χ1) is 3.31. The van der Waals surface area contributed by atoms with Gasteiger partial charge in [-0.3, -0.25) is 4.57 Å². The van der Waals surface area contributed by atoms with Crippen molar-refractivity contribution in [3.63, 3.8) is 0 Å². The normalized spacial score (nSPS) is 12.2. The van der Waals surface area contributed by atoms with Crippen molar-refractivity contribution in [2.75, 3.05) is 12.8 Å². The summed E-state index contributed by atoms with van der Waals surface area (Å²) >= 11 is 0. The maximum Gasteiger partial charge on any atom is 0.191 e. The Bertz CT molecular complexity index is 67.1. The zero-order valence-corrected chi connectivity index (χ0v) is 8.73. The summed E-state index contributed by atoms with van der Waals surface area (Å²) in [6, 6.07) is 0. The molecule has 8 heavy (non-hydrogen) atoms. The van der Waals surface area contributed by atoms with Gasteiger partial charge in [0.15, 0.2) is 8.03 Å². The summed E-state index contributed by atoms with van der Waals surface area (Å²) in [5.74, 6) is 0. The highest BCUT2D eigenvalue weighted by Crippen LogP contribution is 2.19. The van der Waals surface area contributed by atoms with Crippen LogP contribution in [0, 0.1) is 0 Å². The molecule has 0 spiro atoms. The molecule has 1 unspecified atom stereocenters. The molecule has 0 aromatic heterocycles. The van der Waals surface area contributed by atoms with Gasteiger partial charge in [0, 0.05) is 6.16 Å². The Labute approximate surface area is 61.6 Å². The minimum absolute atomic E-state index is 0. The van der Waals surface area contributed by atoms with Gasteiger partial charge in [0.05, 0.1) is 6.61 Å². The number of hydrogen-bond acceptors (Lipinski definition) is 2. The average molecular weight is 151 g/mol. The molecular weight excluding hydrogens is 138 g/mol. The SMILES string of the molecule is CCO[PH](=O)CC.[AlH2]. The van der Waals surface area contributed by atoms with E-state index >= 15 is 0 Å². The van der Waals surface area contributed by atoms with E-state index in [1.807, 2.05) is 13.8 Å². The third-order valence-corrected chi connectivity index (χ3v) is 1.78. The lowest BCUT2D eigenvalue weighted by molar-refractivity contribution is 0.351. The van der Waals surface area contributed by atoms with Crippen molar-refractivity contribution in [3.05, 3.63) is 0 Å². The van der Waals surface area contributed by atoms with Crippen LogP contribution in [0.15, 0.2) is 0 Å². The zero-order valence-electron chi connectivity index (χ0n) is 5.73. The van der Waals surface area contributed by atoms with Gasteiger partial charge in [0.25, 0.3) is 0 Å². The van der Waals surface area contributed by atoms with Crippen LogP contribution in [-0.2, 0) is 9.09 Å². The van der Waals surface area contributed by atoms with Crippen LogP contribution < -0.4 is 0 Å². The molecule has 0 aliphatic heterocycles. The maximum atomic E-state index is 10.4. The molecule has 0 fully saturated rings. The fraction of sp³-hybridized carbons (Fsp3) is 1.00. The van der Waals surface area contributed by atoms with Crippen LogP contribution in [-0.4, -0.2) is 30.1 Å². The van der Waals surface area contributed by atoms with E-state index in [2.05, 4.69) is 0 Å². The van der Waals surface area contributed by atoms with E-state index in [0.29, 0.717) is 12.8 Å². The monoisotopic (exact) mass is 151 g/mol. The van der Waals surface area contributed by atoms with Gasteiger partial charge in [-0.15, -0.1) is 0 Å². The topological polar surface area (TPSA) is 26.3 Å². The van der Waals surface area contributed by atoms with E-state index in [1.165, 1.54) is 0 Å². The first kappa shape index (κ1) is 11.5. The molecule has 0 bridgehead atoms. The number of hydrogen-bond donors (Lipinski definition) is 0. The Hall–Kier alpha value is 0.722. The molecule has 0 aromatic rings. The van der Waals surface area contributed by atoms with E-state index in [-0.39, 0.29) is 17.4 Å². The highest BCUT2D eigenvalue weighted by Gasteiger charge is 1.87. The average Bonchev–Trinajstić information content (AvgIpc) is 1.68. The Morgan fingerprint density at radius 3 is 2.12 bits per heavy atom. The quantitative estimate of drug-likeness (QED) is 0.436. The zero-order chi connectivity index (χ0) is 5.70. The van der Waals surface area contributed by atoms with Gasteiger partial charge in [-0.25, -0.2) is 0 Å². The molecule has 0 amide bonds. The lowest BCUT2D eigenvalue weighted by Gasteiger charge is -1.93. The second-order valence-corrected chi connectivity index (χ2v) is 2.90. The molecule has 0 heterocycles. The van der Waals surface area contributed by atoms with E-state index in [0.717, 1.165) is 0 Å². The molecule has 0 saturated heterocycles. The van der Waals surface area contributed by atoms with Gasteiger partial charge in [-0.05, 0) is 6.92 Å². The summed E-state index contributed by atoms with van der Waals surface area (Å²) in [4.78, 5) is 0.